The molecule has 2 rings (SSSR count). The van der Waals surface area contributed by atoms with E-state index in [9.17, 15) is 0 Å². The standard InChI is InChI=1S/C12H22N4O/c1-4-16(8-10-6-5-7-17-10)12-11(13)9(2)14-15(12)3/h10H,4-8,13H2,1-3H3. The zero-order valence-electron chi connectivity index (χ0n) is 10.9. The zero-order valence-corrected chi connectivity index (χ0v) is 10.9. The van der Waals surface area contributed by atoms with E-state index < -0.39 is 0 Å². The number of hydrogen-bond acceptors (Lipinski definition) is 4. The van der Waals surface area contributed by atoms with Crippen molar-refractivity contribution in [3.63, 3.8) is 0 Å². The van der Waals surface area contributed by atoms with E-state index in [4.69, 9.17) is 10.5 Å². The first-order chi connectivity index (χ1) is 8.13. The molecule has 1 aromatic heterocycles. The monoisotopic (exact) mass is 238 g/mol. The molecule has 0 amide bonds. The minimum atomic E-state index is 0.338. The minimum absolute atomic E-state index is 0.338. The summed E-state index contributed by atoms with van der Waals surface area (Å²) in [5.74, 6) is 1.01. The van der Waals surface area contributed by atoms with Crippen molar-refractivity contribution < 1.29 is 4.74 Å². The maximum Gasteiger partial charge on any atom is 0.150 e. The van der Waals surface area contributed by atoms with E-state index in [-0.39, 0.29) is 0 Å². The Morgan fingerprint density at radius 2 is 2.35 bits per heavy atom. The largest absolute Gasteiger partial charge is 0.394 e. The minimum Gasteiger partial charge on any atom is -0.394 e. The van der Waals surface area contributed by atoms with Gasteiger partial charge in [-0.25, -0.2) is 0 Å². The molecule has 17 heavy (non-hydrogen) atoms. The Labute approximate surface area is 103 Å². The Balaban J connectivity index is 2.16. The summed E-state index contributed by atoms with van der Waals surface area (Å²) in [6.07, 6.45) is 2.65. The first-order valence-corrected chi connectivity index (χ1v) is 6.29. The summed E-state index contributed by atoms with van der Waals surface area (Å²) in [5.41, 5.74) is 7.77. The van der Waals surface area contributed by atoms with Crippen molar-refractivity contribution in [1.82, 2.24) is 9.78 Å². The van der Waals surface area contributed by atoms with E-state index >= 15 is 0 Å². The number of likely N-dealkylation sites (N-methyl/N-ethyl adjacent to an activating group) is 1. The van der Waals surface area contributed by atoms with E-state index in [0.29, 0.717) is 6.10 Å². The Morgan fingerprint density at radius 1 is 1.59 bits per heavy atom. The Kier molecular flexibility index (Phi) is 3.57. The third-order valence-corrected chi connectivity index (χ3v) is 3.37. The van der Waals surface area contributed by atoms with Gasteiger partial charge in [0.05, 0.1) is 17.5 Å². The van der Waals surface area contributed by atoms with Gasteiger partial charge in [0.1, 0.15) is 5.82 Å². The number of nitrogen functional groups attached to an aromatic ring is 1. The molecule has 1 fully saturated rings. The van der Waals surface area contributed by atoms with Gasteiger partial charge in [0.2, 0.25) is 0 Å². The lowest BCUT2D eigenvalue weighted by Crippen LogP contribution is -2.33. The molecular formula is C12H22N4O. The van der Waals surface area contributed by atoms with E-state index in [1.54, 1.807) is 0 Å². The topological polar surface area (TPSA) is 56.3 Å². The first kappa shape index (κ1) is 12.2. The fourth-order valence-corrected chi connectivity index (χ4v) is 2.44. The fraction of sp³-hybridized carbons (Fsp3) is 0.750. The van der Waals surface area contributed by atoms with Crippen LogP contribution in [0.15, 0.2) is 0 Å². The van der Waals surface area contributed by atoms with Gasteiger partial charge in [-0.15, -0.1) is 0 Å². The van der Waals surface area contributed by atoms with Crippen LogP contribution in [0.4, 0.5) is 11.5 Å². The van der Waals surface area contributed by atoms with Crippen molar-refractivity contribution in [2.45, 2.75) is 32.8 Å². The second-order valence-corrected chi connectivity index (χ2v) is 4.62. The highest BCUT2D eigenvalue weighted by molar-refractivity contribution is 5.66. The van der Waals surface area contributed by atoms with Crippen molar-refractivity contribution in [2.24, 2.45) is 7.05 Å². The highest BCUT2D eigenvalue weighted by Gasteiger charge is 2.22. The lowest BCUT2D eigenvalue weighted by molar-refractivity contribution is 0.115. The first-order valence-electron chi connectivity index (χ1n) is 6.29. The third-order valence-electron chi connectivity index (χ3n) is 3.37. The van der Waals surface area contributed by atoms with Gasteiger partial charge in [0.15, 0.2) is 0 Å². The van der Waals surface area contributed by atoms with Gasteiger partial charge >= 0.3 is 0 Å². The molecule has 5 nitrogen and oxygen atoms in total. The van der Waals surface area contributed by atoms with E-state index in [2.05, 4.69) is 16.9 Å². The maximum atomic E-state index is 6.09. The highest BCUT2D eigenvalue weighted by atomic mass is 16.5. The van der Waals surface area contributed by atoms with Crippen molar-refractivity contribution in [3.8, 4) is 0 Å². The summed E-state index contributed by atoms with van der Waals surface area (Å²) < 4.78 is 7.55. The summed E-state index contributed by atoms with van der Waals surface area (Å²) in [4.78, 5) is 2.26. The van der Waals surface area contributed by atoms with Crippen LogP contribution in [0, 0.1) is 6.92 Å². The van der Waals surface area contributed by atoms with Crippen LogP contribution >= 0.6 is 0 Å². The normalized spacial score (nSPS) is 19.8. The van der Waals surface area contributed by atoms with Crippen LogP contribution in [0.1, 0.15) is 25.5 Å². The van der Waals surface area contributed by atoms with Gasteiger partial charge in [-0.05, 0) is 26.7 Å². The molecular weight excluding hydrogens is 216 g/mol. The van der Waals surface area contributed by atoms with E-state index in [1.807, 2.05) is 18.7 Å². The van der Waals surface area contributed by atoms with Crippen LogP contribution in [0.3, 0.4) is 0 Å². The van der Waals surface area contributed by atoms with Crippen molar-refractivity contribution in [2.75, 3.05) is 30.3 Å². The summed E-state index contributed by atoms with van der Waals surface area (Å²) in [6.45, 7) is 6.79. The molecule has 1 saturated heterocycles. The van der Waals surface area contributed by atoms with Gasteiger partial charge in [-0.1, -0.05) is 0 Å². The van der Waals surface area contributed by atoms with Gasteiger partial charge in [0, 0.05) is 26.7 Å². The maximum absolute atomic E-state index is 6.09. The van der Waals surface area contributed by atoms with Gasteiger partial charge in [0.25, 0.3) is 0 Å². The predicted octanol–water partition coefficient (Wildman–Crippen LogP) is 1.32. The molecule has 1 unspecified atom stereocenters. The second-order valence-electron chi connectivity index (χ2n) is 4.62. The molecule has 5 heteroatoms. The Hall–Kier alpha value is -1.23. The number of nitrogens with two attached hydrogens (primary N) is 1. The number of nitrogens with zero attached hydrogens (tertiary/aromatic N) is 3. The fourth-order valence-electron chi connectivity index (χ4n) is 2.44. The smallest absolute Gasteiger partial charge is 0.150 e. The van der Waals surface area contributed by atoms with Gasteiger partial charge in [-0.2, -0.15) is 5.10 Å². The molecule has 0 aliphatic carbocycles. The van der Waals surface area contributed by atoms with E-state index in [0.717, 1.165) is 43.3 Å². The number of aromatic nitrogens is 2. The van der Waals surface area contributed by atoms with E-state index in [1.165, 1.54) is 6.42 Å². The molecule has 1 aliphatic heterocycles. The third kappa shape index (κ3) is 2.39. The molecule has 0 bridgehead atoms. The molecule has 96 valence electrons. The van der Waals surface area contributed by atoms with Crippen LogP contribution in [0.5, 0.6) is 0 Å². The second kappa shape index (κ2) is 4.96. The number of ether oxygens (including phenoxy) is 1. The van der Waals surface area contributed by atoms with Crippen molar-refractivity contribution in [3.05, 3.63) is 5.69 Å². The molecule has 1 aliphatic rings. The molecule has 0 radical (unpaired) electrons. The molecule has 2 N–H and O–H groups in total. The molecule has 1 atom stereocenters. The average molecular weight is 238 g/mol. The quantitative estimate of drug-likeness (QED) is 0.859. The van der Waals surface area contributed by atoms with Crippen LogP contribution in [0.25, 0.3) is 0 Å². The van der Waals surface area contributed by atoms with Crippen LogP contribution in [-0.2, 0) is 11.8 Å². The SMILES string of the molecule is CCN(CC1CCCO1)c1c(N)c(C)nn1C. The van der Waals surface area contributed by atoms with Crippen molar-refractivity contribution >= 4 is 11.5 Å². The average Bonchev–Trinajstić information content (AvgIpc) is 2.87. The van der Waals surface area contributed by atoms with Gasteiger partial charge < -0.3 is 15.4 Å². The molecule has 1 aromatic rings. The van der Waals surface area contributed by atoms with Gasteiger partial charge in [-0.3, -0.25) is 4.68 Å². The highest BCUT2D eigenvalue weighted by Crippen LogP contribution is 2.26. The molecule has 0 spiro atoms. The summed E-state index contributed by atoms with van der Waals surface area (Å²) >= 11 is 0. The van der Waals surface area contributed by atoms with Crippen molar-refractivity contribution in [1.29, 1.82) is 0 Å². The number of aryl methyl sites for hydroxylation is 2. The molecule has 0 saturated carbocycles. The lowest BCUT2D eigenvalue weighted by Gasteiger charge is -2.26. The molecule has 2 heterocycles. The Morgan fingerprint density at radius 3 is 2.82 bits per heavy atom. The lowest BCUT2D eigenvalue weighted by atomic mass is 10.2. The number of rotatable bonds is 4. The number of anilines is 2. The zero-order chi connectivity index (χ0) is 12.4. The summed E-state index contributed by atoms with van der Waals surface area (Å²) in [6, 6.07) is 0. The Bertz CT molecular complexity index is 382. The summed E-state index contributed by atoms with van der Waals surface area (Å²) in [7, 11) is 1.94. The predicted molar refractivity (Wildman–Crippen MR) is 69.2 cm³/mol. The number of hydrogen-bond donors (Lipinski definition) is 1. The van der Waals surface area contributed by atoms with Crippen LogP contribution < -0.4 is 10.6 Å². The molecule has 0 aromatic carbocycles. The van der Waals surface area contributed by atoms with Crippen LogP contribution in [-0.4, -0.2) is 35.6 Å². The summed E-state index contributed by atoms with van der Waals surface area (Å²) in [5, 5.41) is 4.36. The van der Waals surface area contributed by atoms with Crippen LogP contribution in [0.2, 0.25) is 0 Å².